The Morgan fingerprint density at radius 2 is 1.95 bits per heavy atom. The van der Waals surface area contributed by atoms with Crippen molar-refractivity contribution in [2.24, 2.45) is 5.10 Å². The number of amides is 1. The first kappa shape index (κ1) is 14.8. The molecule has 1 aromatic carbocycles. The molecule has 0 radical (unpaired) electrons. The third kappa shape index (κ3) is 4.17. The average molecular weight is 266 g/mol. The Labute approximate surface area is 112 Å². The zero-order valence-corrected chi connectivity index (χ0v) is 11.3. The van der Waals surface area contributed by atoms with Gasteiger partial charge in [-0.05, 0) is 18.6 Å². The zero-order valence-electron chi connectivity index (χ0n) is 11.3. The molecule has 0 aliphatic rings. The van der Waals surface area contributed by atoms with Gasteiger partial charge in [-0.25, -0.2) is 5.43 Å². The van der Waals surface area contributed by atoms with Crippen LogP contribution < -0.4 is 14.9 Å². The van der Waals surface area contributed by atoms with E-state index in [0.29, 0.717) is 12.0 Å². The van der Waals surface area contributed by atoms with Crippen LogP contribution in [0.15, 0.2) is 17.2 Å². The molecule has 0 saturated carbocycles. The molecular formula is C13H18N2O4. The third-order valence-electron chi connectivity index (χ3n) is 2.38. The second-order valence-corrected chi connectivity index (χ2v) is 3.82. The van der Waals surface area contributed by atoms with Crippen molar-refractivity contribution in [1.82, 2.24) is 5.43 Å². The van der Waals surface area contributed by atoms with E-state index in [2.05, 4.69) is 10.5 Å². The highest BCUT2D eigenvalue weighted by atomic mass is 16.5. The van der Waals surface area contributed by atoms with Crippen LogP contribution in [0.25, 0.3) is 0 Å². The Morgan fingerprint density at radius 1 is 1.37 bits per heavy atom. The predicted octanol–water partition coefficient (Wildman–Crippen LogP) is 1.66. The van der Waals surface area contributed by atoms with Crippen LogP contribution in [0.5, 0.6) is 17.2 Å². The SMILES string of the molecule is CCCC(=O)N/N=C/c1cc(OC)c(O)c(OC)c1. The van der Waals surface area contributed by atoms with E-state index >= 15 is 0 Å². The van der Waals surface area contributed by atoms with Gasteiger partial charge in [0, 0.05) is 12.0 Å². The van der Waals surface area contributed by atoms with Gasteiger partial charge < -0.3 is 14.6 Å². The smallest absolute Gasteiger partial charge is 0.240 e. The van der Waals surface area contributed by atoms with Gasteiger partial charge in [-0.1, -0.05) is 6.92 Å². The first-order valence-electron chi connectivity index (χ1n) is 5.89. The number of nitrogens with one attached hydrogen (secondary N) is 1. The number of benzene rings is 1. The molecule has 0 saturated heterocycles. The lowest BCUT2D eigenvalue weighted by atomic mass is 10.2. The zero-order chi connectivity index (χ0) is 14.3. The maximum atomic E-state index is 11.2. The van der Waals surface area contributed by atoms with Crippen LogP contribution in [0, 0.1) is 0 Å². The van der Waals surface area contributed by atoms with Crippen LogP contribution in [0.4, 0.5) is 0 Å². The molecule has 1 amide bonds. The van der Waals surface area contributed by atoms with Gasteiger partial charge >= 0.3 is 0 Å². The molecule has 0 atom stereocenters. The molecule has 0 bridgehead atoms. The summed E-state index contributed by atoms with van der Waals surface area (Å²) in [6.45, 7) is 1.92. The largest absolute Gasteiger partial charge is 0.502 e. The summed E-state index contributed by atoms with van der Waals surface area (Å²) >= 11 is 0. The number of rotatable bonds is 6. The monoisotopic (exact) mass is 266 g/mol. The number of aromatic hydroxyl groups is 1. The van der Waals surface area contributed by atoms with Gasteiger partial charge in [0.2, 0.25) is 11.7 Å². The van der Waals surface area contributed by atoms with Crippen molar-refractivity contribution in [3.05, 3.63) is 17.7 Å². The van der Waals surface area contributed by atoms with E-state index in [1.54, 1.807) is 12.1 Å². The number of carbonyl (C=O) groups is 1. The van der Waals surface area contributed by atoms with Crippen LogP contribution in [-0.4, -0.2) is 31.4 Å². The minimum absolute atomic E-state index is 0.0721. The van der Waals surface area contributed by atoms with Gasteiger partial charge in [0.25, 0.3) is 0 Å². The maximum absolute atomic E-state index is 11.2. The molecule has 6 nitrogen and oxygen atoms in total. The number of phenols is 1. The lowest BCUT2D eigenvalue weighted by molar-refractivity contribution is -0.121. The normalized spacial score (nSPS) is 10.5. The van der Waals surface area contributed by atoms with Crippen LogP contribution in [-0.2, 0) is 4.79 Å². The van der Waals surface area contributed by atoms with Crippen molar-refractivity contribution in [3.63, 3.8) is 0 Å². The Kier molecular flexibility index (Phi) is 5.66. The van der Waals surface area contributed by atoms with Crippen molar-refractivity contribution >= 4 is 12.1 Å². The molecule has 0 aliphatic carbocycles. The molecule has 0 fully saturated rings. The summed E-state index contributed by atoms with van der Waals surface area (Å²) < 4.78 is 10.0. The Hall–Kier alpha value is -2.24. The minimum Gasteiger partial charge on any atom is -0.502 e. The van der Waals surface area contributed by atoms with E-state index in [1.165, 1.54) is 20.4 Å². The standard InChI is InChI=1S/C13H18N2O4/c1-4-5-12(16)15-14-8-9-6-10(18-2)13(17)11(7-9)19-3/h6-8,17H,4-5H2,1-3H3,(H,15,16)/b14-8+. The fraction of sp³-hybridized carbons (Fsp3) is 0.385. The van der Waals surface area contributed by atoms with Crippen LogP contribution in [0.1, 0.15) is 25.3 Å². The molecule has 1 rings (SSSR count). The molecule has 0 aromatic heterocycles. The second-order valence-electron chi connectivity index (χ2n) is 3.82. The van der Waals surface area contributed by atoms with Gasteiger partial charge in [0.15, 0.2) is 11.5 Å². The number of nitrogens with zero attached hydrogens (tertiary/aromatic N) is 1. The number of hydrogen-bond donors (Lipinski definition) is 2. The quantitative estimate of drug-likeness (QED) is 0.606. The Balaban J connectivity index is 2.83. The first-order valence-corrected chi connectivity index (χ1v) is 5.89. The summed E-state index contributed by atoms with van der Waals surface area (Å²) in [5.41, 5.74) is 3.05. The summed E-state index contributed by atoms with van der Waals surface area (Å²) in [6.07, 6.45) is 2.65. The van der Waals surface area contributed by atoms with Crippen molar-refractivity contribution in [2.45, 2.75) is 19.8 Å². The van der Waals surface area contributed by atoms with E-state index in [1.807, 2.05) is 6.92 Å². The molecule has 6 heteroatoms. The number of hydrogen-bond acceptors (Lipinski definition) is 5. The van der Waals surface area contributed by atoms with Gasteiger partial charge in [0.05, 0.1) is 20.4 Å². The molecule has 104 valence electrons. The molecular weight excluding hydrogens is 248 g/mol. The van der Waals surface area contributed by atoms with Gasteiger partial charge in [-0.15, -0.1) is 0 Å². The summed E-state index contributed by atoms with van der Waals surface area (Å²) in [5, 5.41) is 13.6. The van der Waals surface area contributed by atoms with Crippen LogP contribution >= 0.6 is 0 Å². The lowest BCUT2D eigenvalue weighted by Gasteiger charge is -2.09. The van der Waals surface area contributed by atoms with Crippen molar-refractivity contribution < 1.29 is 19.4 Å². The summed E-state index contributed by atoms with van der Waals surface area (Å²) in [4.78, 5) is 11.2. The number of phenolic OH excluding ortho intramolecular Hbond substituents is 1. The van der Waals surface area contributed by atoms with E-state index in [4.69, 9.17) is 9.47 Å². The molecule has 19 heavy (non-hydrogen) atoms. The number of ether oxygens (including phenoxy) is 2. The van der Waals surface area contributed by atoms with Crippen LogP contribution in [0.2, 0.25) is 0 Å². The van der Waals surface area contributed by atoms with Crippen molar-refractivity contribution in [2.75, 3.05) is 14.2 Å². The fourth-order valence-corrected chi connectivity index (χ4v) is 1.45. The molecule has 1 aromatic rings. The predicted molar refractivity (Wildman–Crippen MR) is 71.9 cm³/mol. The van der Waals surface area contributed by atoms with Gasteiger partial charge in [0.1, 0.15) is 0 Å². The van der Waals surface area contributed by atoms with Gasteiger partial charge in [-0.2, -0.15) is 5.10 Å². The molecule has 0 aliphatic heterocycles. The number of carbonyl (C=O) groups excluding carboxylic acids is 1. The van der Waals surface area contributed by atoms with E-state index in [-0.39, 0.29) is 23.2 Å². The summed E-state index contributed by atoms with van der Waals surface area (Å²) in [7, 11) is 2.89. The number of hydrazone groups is 1. The lowest BCUT2D eigenvalue weighted by Crippen LogP contribution is -2.16. The van der Waals surface area contributed by atoms with Crippen molar-refractivity contribution in [3.8, 4) is 17.2 Å². The highest BCUT2D eigenvalue weighted by Crippen LogP contribution is 2.36. The van der Waals surface area contributed by atoms with Crippen molar-refractivity contribution in [1.29, 1.82) is 0 Å². The molecule has 0 unspecified atom stereocenters. The maximum Gasteiger partial charge on any atom is 0.240 e. The highest BCUT2D eigenvalue weighted by Gasteiger charge is 2.10. The van der Waals surface area contributed by atoms with E-state index in [9.17, 15) is 9.90 Å². The average Bonchev–Trinajstić information content (AvgIpc) is 2.40. The number of methoxy groups -OCH3 is 2. The Morgan fingerprint density at radius 3 is 2.42 bits per heavy atom. The third-order valence-corrected chi connectivity index (χ3v) is 2.38. The Bertz CT molecular complexity index is 447. The minimum atomic E-state index is -0.142. The topological polar surface area (TPSA) is 80.2 Å². The second kappa shape index (κ2) is 7.25. The highest BCUT2D eigenvalue weighted by molar-refractivity contribution is 5.84. The summed E-state index contributed by atoms with van der Waals surface area (Å²) in [6, 6.07) is 3.18. The summed E-state index contributed by atoms with van der Waals surface area (Å²) in [5.74, 6) is 0.343. The van der Waals surface area contributed by atoms with Crippen LogP contribution in [0.3, 0.4) is 0 Å². The molecule has 0 spiro atoms. The first-order chi connectivity index (χ1) is 9.12. The molecule has 2 N–H and O–H groups in total. The molecule has 0 heterocycles. The van der Waals surface area contributed by atoms with E-state index in [0.717, 1.165) is 6.42 Å². The fourth-order valence-electron chi connectivity index (χ4n) is 1.45. The van der Waals surface area contributed by atoms with E-state index < -0.39 is 0 Å². The van der Waals surface area contributed by atoms with Gasteiger partial charge in [-0.3, -0.25) is 4.79 Å².